The molecule has 11 heteroatoms. The van der Waals surface area contributed by atoms with E-state index < -0.39 is 17.9 Å². The maximum atomic E-state index is 13.5. The quantitative estimate of drug-likeness (QED) is 0.469. The van der Waals surface area contributed by atoms with E-state index in [0.717, 1.165) is 35.2 Å². The van der Waals surface area contributed by atoms with Crippen molar-refractivity contribution in [3.8, 4) is 0 Å². The molecule has 1 aliphatic heterocycles. The van der Waals surface area contributed by atoms with E-state index in [4.69, 9.17) is 10.5 Å². The zero-order valence-electron chi connectivity index (χ0n) is 18.7. The van der Waals surface area contributed by atoms with Crippen LogP contribution in [0, 0.1) is 0 Å². The fourth-order valence-electron chi connectivity index (χ4n) is 4.67. The second kappa shape index (κ2) is 7.64. The van der Waals surface area contributed by atoms with Gasteiger partial charge in [-0.3, -0.25) is 9.48 Å². The summed E-state index contributed by atoms with van der Waals surface area (Å²) in [7, 11) is 1.61. The molecular formula is C24H21F3N6O2. The number of nitrogens with two attached hydrogens (primary N) is 1. The molecule has 6 rings (SSSR count). The Labute approximate surface area is 197 Å². The Morgan fingerprint density at radius 2 is 1.97 bits per heavy atom. The number of nitrogens with zero attached hydrogens (tertiary/aromatic N) is 5. The molecule has 0 bridgehead atoms. The number of carbonyl (C=O) groups is 1. The normalized spacial score (nSPS) is 18.1. The number of hydrogen-bond donors (Lipinski definition) is 1. The summed E-state index contributed by atoms with van der Waals surface area (Å²) in [5.41, 5.74) is 7.83. The van der Waals surface area contributed by atoms with Crippen LogP contribution in [0.25, 0.3) is 21.8 Å². The van der Waals surface area contributed by atoms with Crippen LogP contribution in [0.15, 0.2) is 36.5 Å². The van der Waals surface area contributed by atoms with Crippen LogP contribution in [0.4, 0.5) is 19.0 Å². The van der Waals surface area contributed by atoms with Gasteiger partial charge in [0.05, 0.1) is 53.6 Å². The molecular weight excluding hydrogens is 461 g/mol. The van der Waals surface area contributed by atoms with Crippen molar-refractivity contribution in [2.24, 2.45) is 0 Å². The van der Waals surface area contributed by atoms with E-state index >= 15 is 0 Å². The SMILES string of the molecule is CN(C(=O)c1ccc2nc(N)c3cnn(C4CC4)c3c2c1)C1COCc2nc(C(F)(F)F)ccc21. The first-order valence-corrected chi connectivity index (χ1v) is 11.2. The van der Waals surface area contributed by atoms with Crippen molar-refractivity contribution >= 4 is 33.5 Å². The van der Waals surface area contributed by atoms with Crippen molar-refractivity contribution < 1.29 is 22.7 Å². The summed E-state index contributed by atoms with van der Waals surface area (Å²) in [4.78, 5) is 23.2. The molecule has 1 aromatic carbocycles. The van der Waals surface area contributed by atoms with Gasteiger partial charge < -0.3 is 15.4 Å². The third-order valence-corrected chi connectivity index (χ3v) is 6.66. The molecule has 0 spiro atoms. The van der Waals surface area contributed by atoms with Gasteiger partial charge in [0, 0.05) is 23.6 Å². The molecule has 2 N–H and O–H groups in total. The second-order valence-corrected chi connectivity index (χ2v) is 8.99. The summed E-state index contributed by atoms with van der Waals surface area (Å²) in [6.45, 7) is 0.122. The van der Waals surface area contributed by atoms with Gasteiger partial charge in [0.15, 0.2) is 0 Å². The van der Waals surface area contributed by atoms with E-state index in [0.29, 0.717) is 28.5 Å². The van der Waals surface area contributed by atoms with Crippen molar-refractivity contribution in [1.82, 2.24) is 24.6 Å². The summed E-state index contributed by atoms with van der Waals surface area (Å²) < 4.78 is 46.7. The second-order valence-electron chi connectivity index (χ2n) is 8.99. The first-order chi connectivity index (χ1) is 16.7. The highest BCUT2D eigenvalue weighted by molar-refractivity contribution is 6.10. The van der Waals surface area contributed by atoms with Crippen LogP contribution in [-0.4, -0.2) is 44.2 Å². The van der Waals surface area contributed by atoms with E-state index in [1.165, 1.54) is 11.0 Å². The van der Waals surface area contributed by atoms with Crippen molar-refractivity contribution in [3.05, 3.63) is 59.0 Å². The number of fused-ring (bicyclic) bond motifs is 4. The number of aromatic nitrogens is 4. The lowest BCUT2D eigenvalue weighted by molar-refractivity contribution is -0.141. The number of nitrogen functional groups attached to an aromatic ring is 1. The number of rotatable bonds is 3. The highest BCUT2D eigenvalue weighted by Gasteiger charge is 2.36. The summed E-state index contributed by atoms with van der Waals surface area (Å²) in [5, 5.41) is 6.01. The van der Waals surface area contributed by atoms with Crippen LogP contribution in [0.1, 0.15) is 52.2 Å². The Kier molecular flexibility index (Phi) is 4.75. The molecule has 1 fully saturated rings. The predicted molar refractivity (Wildman–Crippen MR) is 121 cm³/mol. The van der Waals surface area contributed by atoms with Crippen LogP contribution in [0.2, 0.25) is 0 Å². The van der Waals surface area contributed by atoms with Crippen molar-refractivity contribution in [2.45, 2.75) is 37.7 Å². The molecule has 1 atom stereocenters. The highest BCUT2D eigenvalue weighted by Crippen LogP contribution is 2.40. The number of benzene rings is 1. The van der Waals surface area contributed by atoms with Gasteiger partial charge in [0.25, 0.3) is 5.91 Å². The zero-order chi connectivity index (χ0) is 24.5. The Morgan fingerprint density at radius 1 is 1.17 bits per heavy atom. The molecule has 0 radical (unpaired) electrons. The Bertz CT molecular complexity index is 1490. The minimum absolute atomic E-state index is 0.0377. The molecule has 2 aliphatic rings. The molecule has 3 aromatic heterocycles. The third kappa shape index (κ3) is 3.57. The average Bonchev–Trinajstić information content (AvgIpc) is 3.59. The Morgan fingerprint density at radius 3 is 2.71 bits per heavy atom. The predicted octanol–water partition coefficient (Wildman–Crippen LogP) is 4.26. The number of amides is 1. The standard InChI is InChI=1S/C24H21F3N6O2/c1-32(19-11-35-10-18-14(19)5-7-20(30-18)24(25,26)27)23(34)12-2-6-17-15(8-12)21-16(22(28)31-17)9-29-33(21)13-3-4-13/h2,5-9,13,19H,3-4,10-11H2,1H3,(H2,28,31). The molecule has 1 saturated carbocycles. The minimum Gasteiger partial charge on any atom is -0.383 e. The third-order valence-electron chi connectivity index (χ3n) is 6.66. The smallest absolute Gasteiger partial charge is 0.383 e. The average molecular weight is 482 g/mol. The number of halogens is 3. The summed E-state index contributed by atoms with van der Waals surface area (Å²) in [5.74, 6) is 0.0907. The van der Waals surface area contributed by atoms with Gasteiger partial charge in [-0.15, -0.1) is 0 Å². The number of ether oxygens (including phenoxy) is 1. The Balaban J connectivity index is 1.38. The lowest BCUT2D eigenvalue weighted by Crippen LogP contribution is -2.36. The van der Waals surface area contributed by atoms with Gasteiger partial charge in [-0.1, -0.05) is 6.07 Å². The van der Waals surface area contributed by atoms with E-state index in [-0.39, 0.29) is 24.8 Å². The molecule has 1 unspecified atom stereocenters. The molecule has 1 aliphatic carbocycles. The summed E-state index contributed by atoms with van der Waals surface area (Å²) in [6.07, 6.45) is -0.779. The molecule has 4 aromatic rings. The van der Waals surface area contributed by atoms with Crippen LogP contribution < -0.4 is 5.73 Å². The molecule has 4 heterocycles. The van der Waals surface area contributed by atoms with Gasteiger partial charge >= 0.3 is 6.18 Å². The van der Waals surface area contributed by atoms with Crippen molar-refractivity contribution in [3.63, 3.8) is 0 Å². The zero-order valence-corrected chi connectivity index (χ0v) is 18.7. The number of alkyl halides is 3. The van der Waals surface area contributed by atoms with E-state index in [9.17, 15) is 18.0 Å². The monoisotopic (exact) mass is 482 g/mol. The number of pyridine rings is 2. The van der Waals surface area contributed by atoms with Gasteiger partial charge in [0.2, 0.25) is 0 Å². The van der Waals surface area contributed by atoms with Crippen LogP contribution in [0.3, 0.4) is 0 Å². The number of anilines is 1. The van der Waals surface area contributed by atoms with Gasteiger partial charge in [-0.05, 0) is 37.1 Å². The van der Waals surface area contributed by atoms with Gasteiger partial charge in [0.1, 0.15) is 11.5 Å². The van der Waals surface area contributed by atoms with E-state index in [1.54, 1.807) is 31.4 Å². The number of hydrogen-bond acceptors (Lipinski definition) is 6. The van der Waals surface area contributed by atoms with Crippen LogP contribution >= 0.6 is 0 Å². The summed E-state index contributed by atoms with van der Waals surface area (Å²) in [6, 6.07) is 7.26. The fraction of sp³-hybridized carbons (Fsp3) is 0.333. The van der Waals surface area contributed by atoms with Crippen LogP contribution in [-0.2, 0) is 17.5 Å². The van der Waals surface area contributed by atoms with Gasteiger partial charge in [-0.2, -0.15) is 18.3 Å². The topological polar surface area (TPSA) is 99.2 Å². The Hall–Kier alpha value is -3.73. The molecule has 1 amide bonds. The molecule has 0 saturated heterocycles. The van der Waals surface area contributed by atoms with E-state index in [1.807, 2.05) is 4.68 Å². The largest absolute Gasteiger partial charge is 0.433 e. The first-order valence-electron chi connectivity index (χ1n) is 11.2. The minimum atomic E-state index is -4.55. The first kappa shape index (κ1) is 21.8. The highest BCUT2D eigenvalue weighted by atomic mass is 19.4. The molecule has 35 heavy (non-hydrogen) atoms. The maximum Gasteiger partial charge on any atom is 0.433 e. The number of likely N-dealkylation sites (N-methyl/N-ethyl adjacent to an activating group) is 1. The van der Waals surface area contributed by atoms with Crippen LogP contribution in [0.5, 0.6) is 0 Å². The number of carbonyl (C=O) groups excluding carboxylic acids is 1. The molecule has 8 nitrogen and oxygen atoms in total. The fourth-order valence-corrected chi connectivity index (χ4v) is 4.67. The van der Waals surface area contributed by atoms with Gasteiger partial charge in [-0.25, -0.2) is 9.97 Å². The molecule has 180 valence electrons. The lowest BCUT2D eigenvalue weighted by Gasteiger charge is -2.33. The van der Waals surface area contributed by atoms with E-state index in [2.05, 4.69) is 15.1 Å². The maximum absolute atomic E-state index is 13.5. The van der Waals surface area contributed by atoms with Crippen molar-refractivity contribution in [1.29, 1.82) is 0 Å². The summed E-state index contributed by atoms with van der Waals surface area (Å²) >= 11 is 0. The van der Waals surface area contributed by atoms with Crippen molar-refractivity contribution in [2.75, 3.05) is 19.4 Å². The lowest BCUT2D eigenvalue weighted by atomic mass is 10.0.